The molecule has 0 atom stereocenters. The number of rotatable bonds is 9. The van der Waals surface area contributed by atoms with Gasteiger partial charge in [0.2, 0.25) is 0 Å². The molecule has 0 unspecified atom stereocenters. The zero-order chi connectivity index (χ0) is 13.6. The van der Waals surface area contributed by atoms with Crippen LogP contribution in [0.25, 0.3) is 0 Å². The number of nitrogens with two attached hydrogens (primary N) is 1. The first-order valence-electron chi connectivity index (χ1n) is 6.96. The lowest BCUT2D eigenvalue weighted by Crippen LogP contribution is -2.39. The quantitative estimate of drug-likeness (QED) is 0.604. The Bertz CT molecular complexity index is 139. The highest BCUT2D eigenvalue weighted by Crippen LogP contribution is 2.24. The van der Waals surface area contributed by atoms with Crippen LogP contribution >= 0.6 is 0 Å². The fraction of sp³-hybridized carbons (Fsp3) is 0.929. The van der Waals surface area contributed by atoms with Crippen molar-refractivity contribution < 1.29 is 9.90 Å². The summed E-state index contributed by atoms with van der Waals surface area (Å²) < 4.78 is 0. The lowest BCUT2D eigenvalue weighted by atomic mass is 9.84. The van der Waals surface area contributed by atoms with Crippen LogP contribution in [0, 0.1) is 0 Å². The van der Waals surface area contributed by atoms with Crippen LogP contribution in [0.5, 0.6) is 0 Å². The molecular formula is C14H31NO2. The van der Waals surface area contributed by atoms with Gasteiger partial charge in [0, 0.05) is 5.54 Å². The number of unbranched alkanes of at least 4 members (excludes halogenated alkanes) is 3. The third-order valence-electron chi connectivity index (χ3n) is 3.08. The predicted molar refractivity (Wildman–Crippen MR) is 74.2 cm³/mol. The Morgan fingerprint density at radius 3 is 1.35 bits per heavy atom. The molecule has 0 radical (unpaired) electrons. The minimum atomic E-state index is -0.250. The van der Waals surface area contributed by atoms with Crippen LogP contribution in [-0.2, 0) is 4.79 Å². The highest BCUT2D eigenvalue weighted by atomic mass is 16.3. The lowest BCUT2D eigenvalue weighted by Gasteiger charge is -2.29. The van der Waals surface area contributed by atoms with Crippen molar-refractivity contribution >= 4 is 6.47 Å². The Balaban J connectivity index is 0. The van der Waals surface area contributed by atoms with Crippen molar-refractivity contribution in [1.29, 1.82) is 0 Å². The largest absolute Gasteiger partial charge is 0.483 e. The molecule has 3 heteroatoms. The first-order chi connectivity index (χ1) is 8.10. The zero-order valence-electron chi connectivity index (χ0n) is 11.9. The van der Waals surface area contributed by atoms with Crippen LogP contribution < -0.4 is 5.73 Å². The number of carbonyl (C=O) groups is 1. The summed E-state index contributed by atoms with van der Waals surface area (Å²) in [6.45, 7) is 6.50. The summed E-state index contributed by atoms with van der Waals surface area (Å²) in [6.07, 6.45) is 11.4. The van der Waals surface area contributed by atoms with Gasteiger partial charge in [0.05, 0.1) is 0 Å². The Kier molecular flexibility index (Phi) is 14.9. The zero-order valence-corrected chi connectivity index (χ0v) is 11.9. The summed E-state index contributed by atoms with van der Waals surface area (Å²) in [5.74, 6) is 0. The van der Waals surface area contributed by atoms with Gasteiger partial charge in [0.25, 0.3) is 6.47 Å². The van der Waals surface area contributed by atoms with Gasteiger partial charge in [0.1, 0.15) is 0 Å². The SMILES string of the molecule is CCCCC(N)(CCCC)CCCC.O=CO. The molecule has 0 rings (SSSR count). The van der Waals surface area contributed by atoms with Crippen molar-refractivity contribution in [2.45, 2.75) is 84.1 Å². The minimum Gasteiger partial charge on any atom is -0.483 e. The van der Waals surface area contributed by atoms with E-state index in [0.717, 1.165) is 0 Å². The molecule has 0 aliphatic carbocycles. The Morgan fingerprint density at radius 1 is 0.941 bits per heavy atom. The van der Waals surface area contributed by atoms with Gasteiger partial charge in [-0.05, 0) is 19.3 Å². The maximum absolute atomic E-state index is 8.36. The van der Waals surface area contributed by atoms with E-state index >= 15 is 0 Å². The van der Waals surface area contributed by atoms with Crippen LogP contribution in [-0.4, -0.2) is 17.1 Å². The smallest absolute Gasteiger partial charge is 0.290 e. The van der Waals surface area contributed by atoms with Gasteiger partial charge < -0.3 is 10.8 Å². The van der Waals surface area contributed by atoms with Crippen molar-refractivity contribution in [2.75, 3.05) is 0 Å². The maximum atomic E-state index is 8.36. The van der Waals surface area contributed by atoms with E-state index in [1.54, 1.807) is 0 Å². The van der Waals surface area contributed by atoms with Crippen LogP contribution in [0.15, 0.2) is 0 Å². The van der Waals surface area contributed by atoms with Gasteiger partial charge >= 0.3 is 0 Å². The summed E-state index contributed by atoms with van der Waals surface area (Å²) in [4.78, 5) is 8.36. The summed E-state index contributed by atoms with van der Waals surface area (Å²) in [6, 6.07) is 0. The van der Waals surface area contributed by atoms with Crippen molar-refractivity contribution in [3.8, 4) is 0 Å². The van der Waals surface area contributed by atoms with Gasteiger partial charge in [-0.2, -0.15) is 0 Å². The highest BCUT2D eigenvalue weighted by Gasteiger charge is 2.22. The molecule has 0 aliphatic heterocycles. The topological polar surface area (TPSA) is 63.3 Å². The van der Waals surface area contributed by atoms with Crippen molar-refractivity contribution in [1.82, 2.24) is 0 Å². The second-order valence-electron chi connectivity index (χ2n) is 4.78. The molecule has 3 nitrogen and oxygen atoms in total. The van der Waals surface area contributed by atoms with E-state index in [2.05, 4.69) is 20.8 Å². The monoisotopic (exact) mass is 245 g/mol. The molecule has 0 saturated carbocycles. The standard InChI is InChI=1S/C13H29N.CH2O2/c1-4-7-10-13(14,11-8-5-2)12-9-6-3;2-1-3/h4-12,14H2,1-3H3;1H,(H,2,3). The van der Waals surface area contributed by atoms with E-state index in [-0.39, 0.29) is 12.0 Å². The Labute approximate surface area is 107 Å². The summed E-state index contributed by atoms with van der Waals surface area (Å²) in [5, 5.41) is 6.89. The van der Waals surface area contributed by atoms with Gasteiger partial charge in [-0.3, -0.25) is 4.79 Å². The fourth-order valence-electron chi connectivity index (χ4n) is 1.96. The van der Waals surface area contributed by atoms with Gasteiger partial charge in [0.15, 0.2) is 0 Å². The van der Waals surface area contributed by atoms with Gasteiger partial charge in [-0.15, -0.1) is 0 Å². The fourth-order valence-corrected chi connectivity index (χ4v) is 1.96. The Hall–Kier alpha value is -0.570. The van der Waals surface area contributed by atoms with Crippen LogP contribution in [0.1, 0.15) is 78.6 Å². The summed E-state index contributed by atoms with van der Waals surface area (Å²) >= 11 is 0. The highest BCUT2D eigenvalue weighted by molar-refractivity contribution is 5.32. The van der Waals surface area contributed by atoms with Crippen LogP contribution in [0.3, 0.4) is 0 Å². The molecule has 0 aromatic rings. The third kappa shape index (κ3) is 13.4. The lowest BCUT2D eigenvalue weighted by molar-refractivity contribution is -0.122. The van der Waals surface area contributed by atoms with E-state index < -0.39 is 0 Å². The molecule has 0 heterocycles. The van der Waals surface area contributed by atoms with E-state index in [4.69, 9.17) is 15.6 Å². The predicted octanol–water partition coefficient (Wildman–Crippen LogP) is 3.96. The average Bonchev–Trinajstić information content (AvgIpc) is 2.33. The molecule has 0 saturated heterocycles. The van der Waals surface area contributed by atoms with Crippen LogP contribution in [0.4, 0.5) is 0 Å². The normalized spacial score (nSPS) is 10.6. The molecule has 3 N–H and O–H groups in total. The third-order valence-corrected chi connectivity index (χ3v) is 3.08. The first kappa shape index (κ1) is 18.8. The molecule has 0 aliphatic rings. The van der Waals surface area contributed by atoms with E-state index in [1.165, 1.54) is 57.8 Å². The van der Waals surface area contributed by atoms with Gasteiger partial charge in [-0.25, -0.2) is 0 Å². The van der Waals surface area contributed by atoms with E-state index in [0.29, 0.717) is 0 Å². The van der Waals surface area contributed by atoms with E-state index in [1.807, 2.05) is 0 Å². The Morgan fingerprint density at radius 2 is 1.18 bits per heavy atom. The summed E-state index contributed by atoms with van der Waals surface area (Å²) in [5.41, 5.74) is 6.61. The minimum absolute atomic E-state index is 0.155. The van der Waals surface area contributed by atoms with Crippen LogP contribution in [0.2, 0.25) is 0 Å². The molecular weight excluding hydrogens is 214 g/mol. The maximum Gasteiger partial charge on any atom is 0.290 e. The number of hydrogen-bond donors (Lipinski definition) is 2. The van der Waals surface area contributed by atoms with Crippen molar-refractivity contribution in [2.24, 2.45) is 5.73 Å². The van der Waals surface area contributed by atoms with Crippen molar-refractivity contribution in [3.05, 3.63) is 0 Å². The molecule has 0 amide bonds. The molecule has 104 valence electrons. The molecule has 0 bridgehead atoms. The molecule has 0 fully saturated rings. The molecule has 0 spiro atoms. The second-order valence-corrected chi connectivity index (χ2v) is 4.78. The molecule has 17 heavy (non-hydrogen) atoms. The second kappa shape index (κ2) is 13.5. The molecule has 0 aromatic heterocycles. The first-order valence-corrected chi connectivity index (χ1v) is 6.96. The van der Waals surface area contributed by atoms with E-state index in [9.17, 15) is 0 Å². The summed E-state index contributed by atoms with van der Waals surface area (Å²) in [7, 11) is 0. The van der Waals surface area contributed by atoms with Crippen molar-refractivity contribution in [3.63, 3.8) is 0 Å². The molecule has 0 aromatic carbocycles. The number of carboxylic acid groups (broad SMARTS) is 1. The van der Waals surface area contributed by atoms with Gasteiger partial charge in [-0.1, -0.05) is 59.3 Å². The number of hydrogen-bond acceptors (Lipinski definition) is 2. The average molecular weight is 245 g/mol.